The Morgan fingerprint density at radius 2 is 2.31 bits per heavy atom. The van der Waals surface area contributed by atoms with Crippen molar-refractivity contribution >= 4 is 0 Å². The molecule has 16 heavy (non-hydrogen) atoms. The van der Waals surface area contributed by atoms with Gasteiger partial charge in [-0.2, -0.15) is 5.26 Å². The van der Waals surface area contributed by atoms with Gasteiger partial charge in [0.2, 0.25) is 0 Å². The molecular formula is C12H14N2O2. The Morgan fingerprint density at radius 3 is 3.06 bits per heavy atom. The third-order valence-electron chi connectivity index (χ3n) is 2.67. The summed E-state index contributed by atoms with van der Waals surface area (Å²) in [7, 11) is 0. The highest BCUT2D eigenvalue weighted by atomic mass is 16.5. The van der Waals surface area contributed by atoms with Gasteiger partial charge >= 0.3 is 0 Å². The van der Waals surface area contributed by atoms with Gasteiger partial charge in [0.1, 0.15) is 17.5 Å². The Labute approximate surface area is 94.8 Å². The second-order valence-corrected chi connectivity index (χ2v) is 3.86. The van der Waals surface area contributed by atoms with Crippen molar-refractivity contribution in [1.29, 1.82) is 5.26 Å². The molecule has 0 aromatic carbocycles. The highest BCUT2D eigenvalue weighted by Crippen LogP contribution is 2.17. The van der Waals surface area contributed by atoms with E-state index in [9.17, 15) is 0 Å². The van der Waals surface area contributed by atoms with Gasteiger partial charge in [0.15, 0.2) is 0 Å². The van der Waals surface area contributed by atoms with E-state index in [-0.39, 0.29) is 0 Å². The third-order valence-corrected chi connectivity index (χ3v) is 2.67. The smallest absolute Gasteiger partial charge is 0.144 e. The highest BCUT2D eigenvalue weighted by molar-refractivity contribution is 5.29. The van der Waals surface area contributed by atoms with E-state index in [0.29, 0.717) is 18.2 Å². The lowest BCUT2D eigenvalue weighted by molar-refractivity contribution is 0.0497. The van der Waals surface area contributed by atoms with Crippen molar-refractivity contribution in [2.75, 3.05) is 19.8 Å². The van der Waals surface area contributed by atoms with Gasteiger partial charge in [0.05, 0.1) is 6.61 Å². The standard InChI is InChI=1S/C12H14N2O2/c13-8-11-7-12(1-4-14-11)16-9-10-2-5-15-6-3-10/h1,4,7,10H,2-3,5-6,9H2. The van der Waals surface area contributed by atoms with Crippen LogP contribution in [0.3, 0.4) is 0 Å². The zero-order chi connectivity index (χ0) is 11.2. The van der Waals surface area contributed by atoms with Gasteiger partial charge in [-0.15, -0.1) is 0 Å². The molecule has 1 aliphatic heterocycles. The van der Waals surface area contributed by atoms with Crippen molar-refractivity contribution in [3.63, 3.8) is 0 Å². The molecule has 1 saturated heterocycles. The van der Waals surface area contributed by atoms with Crippen molar-refractivity contribution < 1.29 is 9.47 Å². The minimum absolute atomic E-state index is 0.393. The molecular weight excluding hydrogens is 204 g/mol. The summed E-state index contributed by atoms with van der Waals surface area (Å²) in [6.07, 6.45) is 3.70. The van der Waals surface area contributed by atoms with Gasteiger partial charge < -0.3 is 9.47 Å². The molecule has 84 valence electrons. The fraction of sp³-hybridized carbons (Fsp3) is 0.500. The molecule has 0 amide bonds. The first-order valence-electron chi connectivity index (χ1n) is 5.45. The van der Waals surface area contributed by atoms with Crippen molar-refractivity contribution in [2.45, 2.75) is 12.8 Å². The number of hydrogen-bond donors (Lipinski definition) is 0. The summed E-state index contributed by atoms with van der Waals surface area (Å²) in [4.78, 5) is 3.89. The zero-order valence-corrected chi connectivity index (χ0v) is 9.06. The van der Waals surface area contributed by atoms with Gasteiger partial charge in [0.25, 0.3) is 0 Å². The minimum Gasteiger partial charge on any atom is -0.493 e. The second-order valence-electron chi connectivity index (χ2n) is 3.86. The molecule has 0 unspecified atom stereocenters. The van der Waals surface area contributed by atoms with E-state index >= 15 is 0 Å². The molecule has 1 aromatic heterocycles. The molecule has 0 spiro atoms. The van der Waals surface area contributed by atoms with Crippen LogP contribution in [0.1, 0.15) is 18.5 Å². The van der Waals surface area contributed by atoms with Crippen LogP contribution < -0.4 is 4.74 Å². The number of rotatable bonds is 3. The predicted molar refractivity (Wildman–Crippen MR) is 58.0 cm³/mol. The van der Waals surface area contributed by atoms with Crippen LogP contribution in [0, 0.1) is 17.2 Å². The first kappa shape index (κ1) is 10.9. The molecule has 0 saturated carbocycles. The summed E-state index contributed by atoms with van der Waals surface area (Å²) in [6, 6.07) is 5.44. The van der Waals surface area contributed by atoms with E-state index in [1.807, 2.05) is 6.07 Å². The summed E-state index contributed by atoms with van der Waals surface area (Å²) < 4.78 is 10.9. The van der Waals surface area contributed by atoms with Gasteiger partial charge in [0, 0.05) is 25.5 Å². The number of pyridine rings is 1. The van der Waals surface area contributed by atoms with Gasteiger partial charge in [-0.05, 0) is 24.8 Å². The lowest BCUT2D eigenvalue weighted by atomic mass is 10.0. The van der Waals surface area contributed by atoms with Crippen molar-refractivity contribution in [3.8, 4) is 11.8 Å². The maximum atomic E-state index is 8.69. The second kappa shape index (κ2) is 5.47. The Bertz CT molecular complexity index is 381. The molecule has 0 N–H and O–H groups in total. The van der Waals surface area contributed by atoms with Crippen LogP contribution in [0.5, 0.6) is 5.75 Å². The normalized spacial score (nSPS) is 16.7. The molecule has 2 rings (SSSR count). The quantitative estimate of drug-likeness (QED) is 0.775. The topological polar surface area (TPSA) is 55.1 Å². The lowest BCUT2D eigenvalue weighted by Gasteiger charge is -2.21. The highest BCUT2D eigenvalue weighted by Gasteiger charge is 2.14. The van der Waals surface area contributed by atoms with E-state index in [2.05, 4.69) is 4.98 Å². The van der Waals surface area contributed by atoms with E-state index in [0.717, 1.165) is 31.8 Å². The first-order chi connectivity index (χ1) is 7.88. The van der Waals surface area contributed by atoms with E-state index in [1.54, 1.807) is 18.3 Å². The van der Waals surface area contributed by atoms with Gasteiger partial charge in [-0.1, -0.05) is 0 Å². The molecule has 2 heterocycles. The number of ether oxygens (including phenoxy) is 2. The Balaban J connectivity index is 1.86. The molecule has 0 bridgehead atoms. The number of aromatic nitrogens is 1. The Morgan fingerprint density at radius 1 is 1.50 bits per heavy atom. The molecule has 1 aliphatic rings. The molecule has 4 heteroatoms. The Hall–Kier alpha value is -1.60. The fourth-order valence-electron chi connectivity index (χ4n) is 1.69. The Kier molecular flexibility index (Phi) is 3.73. The average molecular weight is 218 g/mol. The van der Waals surface area contributed by atoms with E-state index < -0.39 is 0 Å². The van der Waals surface area contributed by atoms with Crippen LogP contribution in [-0.2, 0) is 4.74 Å². The van der Waals surface area contributed by atoms with Crippen LogP contribution in [0.25, 0.3) is 0 Å². The van der Waals surface area contributed by atoms with E-state index in [1.165, 1.54) is 0 Å². The average Bonchev–Trinajstić information content (AvgIpc) is 2.38. The van der Waals surface area contributed by atoms with Crippen LogP contribution in [0.4, 0.5) is 0 Å². The summed E-state index contributed by atoms with van der Waals surface area (Å²) in [5.41, 5.74) is 0.393. The fourth-order valence-corrected chi connectivity index (χ4v) is 1.69. The SMILES string of the molecule is N#Cc1cc(OCC2CCOCC2)ccn1. The van der Waals surface area contributed by atoms with E-state index in [4.69, 9.17) is 14.7 Å². The summed E-state index contributed by atoms with van der Waals surface area (Å²) in [5, 5.41) is 8.69. The van der Waals surface area contributed by atoms with Crippen LogP contribution >= 0.6 is 0 Å². The van der Waals surface area contributed by atoms with Gasteiger partial charge in [-0.25, -0.2) is 4.98 Å². The largest absolute Gasteiger partial charge is 0.493 e. The first-order valence-corrected chi connectivity index (χ1v) is 5.45. The number of hydrogen-bond acceptors (Lipinski definition) is 4. The third kappa shape index (κ3) is 2.94. The maximum absolute atomic E-state index is 8.69. The van der Waals surface area contributed by atoms with Crippen molar-refractivity contribution in [3.05, 3.63) is 24.0 Å². The molecule has 0 aliphatic carbocycles. The number of nitrogens with zero attached hydrogens (tertiary/aromatic N) is 2. The predicted octanol–water partition coefficient (Wildman–Crippen LogP) is 1.76. The molecule has 0 radical (unpaired) electrons. The van der Waals surface area contributed by atoms with Gasteiger partial charge in [-0.3, -0.25) is 0 Å². The van der Waals surface area contributed by atoms with Crippen LogP contribution in [0.2, 0.25) is 0 Å². The van der Waals surface area contributed by atoms with Crippen molar-refractivity contribution in [2.24, 2.45) is 5.92 Å². The van der Waals surface area contributed by atoms with Crippen molar-refractivity contribution in [1.82, 2.24) is 4.98 Å². The minimum atomic E-state index is 0.393. The summed E-state index contributed by atoms with van der Waals surface area (Å²) in [6.45, 7) is 2.35. The zero-order valence-electron chi connectivity index (χ0n) is 9.06. The van der Waals surface area contributed by atoms with Crippen LogP contribution in [-0.4, -0.2) is 24.8 Å². The molecule has 0 atom stereocenters. The van der Waals surface area contributed by atoms with Crippen LogP contribution in [0.15, 0.2) is 18.3 Å². The summed E-state index contributed by atoms with van der Waals surface area (Å²) >= 11 is 0. The number of nitriles is 1. The summed E-state index contributed by atoms with van der Waals surface area (Å²) in [5.74, 6) is 1.28. The lowest BCUT2D eigenvalue weighted by Crippen LogP contribution is -2.21. The molecule has 1 fully saturated rings. The maximum Gasteiger partial charge on any atom is 0.144 e. The monoisotopic (exact) mass is 218 g/mol. The molecule has 1 aromatic rings. The molecule has 4 nitrogen and oxygen atoms in total.